The summed E-state index contributed by atoms with van der Waals surface area (Å²) in [5.41, 5.74) is 0. The Labute approximate surface area is 157 Å². The largest absolute Gasteiger partial charge is 0.396 e. The summed E-state index contributed by atoms with van der Waals surface area (Å²) in [6.45, 7) is 13.4. The lowest BCUT2D eigenvalue weighted by molar-refractivity contribution is -0.0174. The Morgan fingerprint density at radius 3 is 2.12 bits per heavy atom. The van der Waals surface area contributed by atoms with Crippen LogP contribution in [0.3, 0.4) is 0 Å². The van der Waals surface area contributed by atoms with Gasteiger partial charge in [0.15, 0.2) is 0 Å². The second-order valence-electron chi connectivity index (χ2n) is 8.67. The predicted octanol–water partition coefficient (Wildman–Crippen LogP) is 3.06. The summed E-state index contributed by atoms with van der Waals surface area (Å²) >= 11 is 0. The van der Waals surface area contributed by atoms with E-state index in [-0.39, 0.29) is 5.22 Å². The first kappa shape index (κ1) is 21.5. The maximum absolute atomic E-state index is 6.12. The molecule has 2 fully saturated rings. The van der Waals surface area contributed by atoms with E-state index >= 15 is 0 Å². The van der Waals surface area contributed by atoms with Gasteiger partial charge in [-0.3, -0.25) is 0 Å². The quantitative estimate of drug-likeness (QED) is 0.597. The summed E-state index contributed by atoms with van der Waals surface area (Å²) in [6.07, 6.45) is 5.75. The molecule has 148 valence electrons. The molecule has 0 aromatic carbocycles. The second-order valence-corrected chi connectivity index (χ2v) is 17.4. The zero-order valence-electron chi connectivity index (χ0n) is 17.4. The lowest BCUT2D eigenvalue weighted by Gasteiger charge is -2.48. The van der Waals surface area contributed by atoms with Crippen molar-refractivity contribution >= 4 is 16.8 Å². The van der Waals surface area contributed by atoms with Crippen molar-refractivity contribution in [1.29, 1.82) is 0 Å². The maximum Gasteiger partial charge on any atom is 0.370 e. The second kappa shape index (κ2) is 8.95. The van der Waals surface area contributed by atoms with Gasteiger partial charge in [0.05, 0.1) is 0 Å². The van der Waals surface area contributed by atoms with Crippen LogP contribution >= 0.6 is 0 Å². The van der Waals surface area contributed by atoms with Crippen molar-refractivity contribution in [1.82, 2.24) is 9.47 Å². The molecule has 25 heavy (non-hydrogen) atoms. The average molecular weight is 389 g/mol. The Balaban J connectivity index is 1.87. The number of rotatable bonds is 8. The topological polar surface area (TPSA) is 34.2 Å². The Hall–Kier alpha value is 0.234. The lowest BCUT2D eigenvalue weighted by atomic mass is 10.1. The molecule has 0 radical (unpaired) electrons. The number of piperazine rings is 1. The fourth-order valence-electron chi connectivity index (χ4n) is 4.75. The molecule has 0 amide bonds. The van der Waals surface area contributed by atoms with Crippen molar-refractivity contribution in [3.63, 3.8) is 0 Å². The van der Waals surface area contributed by atoms with E-state index in [0.717, 1.165) is 18.9 Å². The molecule has 2 aliphatic rings. The number of nitrogens with zero attached hydrogens (tertiary/aromatic N) is 2. The molecule has 2 rings (SSSR count). The number of hydrogen-bond acceptors (Lipinski definition) is 5. The molecule has 0 N–H and O–H groups in total. The van der Waals surface area contributed by atoms with Crippen LogP contribution in [0, 0.1) is 0 Å². The van der Waals surface area contributed by atoms with Gasteiger partial charge in [0.25, 0.3) is 0 Å². The van der Waals surface area contributed by atoms with Crippen LogP contribution in [0.2, 0.25) is 25.7 Å². The summed E-state index contributed by atoms with van der Waals surface area (Å²) < 4.78 is 20.9. The van der Waals surface area contributed by atoms with Gasteiger partial charge in [0.1, 0.15) is 13.5 Å². The van der Waals surface area contributed by atoms with Gasteiger partial charge < -0.3 is 23.1 Å². The van der Waals surface area contributed by atoms with Gasteiger partial charge in [-0.15, -0.1) is 0 Å². The van der Waals surface area contributed by atoms with E-state index in [1.807, 2.05) is 21.3 Å². The minimum absolute atomic E-state index is 0.172. The molecule has 2 aliphatic heterocycles. The van der Waals surface area contributed by atoms with E-state index in [1.165, 1.54) is 52.0 Å². The maximum atomic E-state index is 6.12. The third kappa shape index (κ3) is 4.75. The fourth-order valence-corrected chi connectivity index (χ4v) is 10.2. The molecule has 2 saturated heterocycles. The van der Waals surface area contributed by atoms with E-state index in [2.05, 4.69) is 29.1 Å². The molecule has 0 saturated carbocycles. The summed E-state index contributed by atoms with van der Waals surface area (Å²) in [4.78, 5) is 2.63. The summed E-state index contributed by atoms with van der Waals surface area (Å²) in [5, 5.41) is -0.172. The van der Waals surface area contributed by atoms with E-state index in [9.17, 15) is 0 Å². The first-order valence-electron chi connectivity index (χ1n) is 9.95. The van der Waals surface area contributed by atoms with Crippen LogP contribution in [0.1, 0.15) is 32.1 Å². The number of methoxy groups -OCH3 is 1. The highest BCUT2D eigenvalue weighted by atomic mass is 28.4. The van der Waals surface area contributed by atoms with Crippen molar-refractivity contribution in [3.05, 3.63) is 0 Å². The van der Waals surface area contributed by atoms with Crippen molar-refractivity contribution < 1.29 is 13.6 Å². The van der Waals surface area contributed by atoms with E-state index in [1.54, 1.807) is 0 Å². The predicted molar refractivity (Wildman–Crippen MR) is 109 cm³/mol. The zero-order chi connectivity index (χ0) is 18.6. The fraction of sp³-hybridized carbons (Fsp3) is 1.00. The Bertz CT molecular complexity index is 408. The monoisotopic (exact) mass is 388 g/mol. The standard InChI is InChI=1S/C18H40N2O3Si2/c1-21-18(10-7-8-17-25(18,22-2)23-3)11-9-12-19-13-15-20(16-14-19)24(4,5)6/h7-17H2,1-6H3. The molecule has 0 spiro atoms. The van der Waals surface area contributed by atoms with Crippen LogP contribution < -0.4 is 0 Å². The minimum atomic E-state index is -2.28. The van der Waals surface area contributed by atoms with E-state index < -0.39 is 16.8 Å². The molecular weight excluding hydrogens is 348 g/mol. The molecule has 1 unspecified atom stereocenters. The normalized spacial score (nSPS) is 29.0. The molecule has 0 aliphatic carbocycles. The Kier molecular flexibility index (Phi) is 7.71. The summed E-state index contributed by atoms with van der Waals surface area (Å²) in [7, 11) is 2.10. The summed E-state index contributed by atoms with van der Waals surface area (Å²) in [6, 6.07) is 1.06. The van der Waals surface area contributed by atoms with Crippen LogP contribution in [0.4, 0.5) is 0 Å². The van der Waals surface area contributed by atoms with Crippen LogP contribution in [0.25, 0.3) is 0 Å². The van der Waals surface area contributed by atoms with E-state index in [4.69, 9.17) is 13.6 Å². The molecule has 5 nitrogen and oxygen atoms in total. The van der Waals surface area contributed by atoms with Crippen molar-refractivity contribution in [2.75, 3.05) is 54.1 Å². The van der Waals surface area contributed by atoms with Gasteiger partial charge in [-0.05, 0) is 31.9 Å². The molecule has 2 heterocycles. The number of ether oxygens (including phenoxy) is 1. The van der Waals surface area contributed by atoms with Gasteiger partial charge in [-0.1, -0.05) is 32.5 Å². The molecule has 0 aromatic rings. The van der Waals surface area contributed by atoms with Crippen LogP contribution in [0.5, 0.6) is 0 Å². The van der Waals surface area contributed by atoms with E-state index in [0.29, 0.717) is 0 Å². The summed E-state index contributed by atoms with van der Waals surface area (Å²) in [5.74, 6) is 0. The molecule has 0 aromatic heterocycles. The van der Waals surface area contributed by atoms with Crippen molar-refractivity contribution in [2.24, 2.45) is 0 Å². The van der Waals surface area contributed by atoms with Crippen molar-refractivity contribution in [2.45, 2.75) is 63.0 Å². The molecular formula is C18H40N2O3Si2. The van der Waals surface area contributed by atoms with Crippen LogP contribution in [-0.2, 0) is 13.6 Å². The van der Waals surface area contributed by atoms with Gasteiger partial charge in [0, 0.05) is 47.5 Å². The first-order valence-corrected chi connectivity index (χ1v) is 15.4. The highest BCUT2D eigenvalue weighted by molar-refractivity contribution is 6.73. The van der Waals surface area contributed by atoms with Gasteiger partial charge in [-0.25, -0.2) is 0 Å². The van der Waals surface area contributed by atoms with Gasteiger partial charge in [0.2, 0.25) is 0 Å². The average Bonchev–Trinajstić information content (AvgIpc) is 2.61. The smallest absolute Gasteiger partial charge is 0.370 e. The Morgan fingerprint density at radius 2 is 1.60 bits per heavy atom. The molecule has 0 bridgehead atoms. The SMILES string of the molecule is COC1(CCCN2CCN([Si](C)(C)C)CC2)CCCC[Si]1(OC)OC. The van der Waals surface area contributed by atoms with Gasteiger partial charge >= 0.3 is 8.56 Å². The molecule has 7 heteroatoms. The third-order valence-corrected chi connectivity index (χ3v) is 13.2. The lowest BCUT2D eigenvalue weighted by Crippen LogP contribution is -2.64. The third-order valence-electron chi connectivity index (χ3n) is 6.46. The van der Waals surface area contributed by atoms with Crippen LogP contribution in [0.15, 0.2) is 0 Å². The molecule has 1 atom stereocenters. The zero-order valence-corrected chi connectivity index (χ0v) is 19.4. The Morgan fingerprint density at radius 1 is 0.960 bits per heavy atom. The van der Waals surface area contributed by atoms with Gasteiger partial charge in [-0.2, -0.15) is 0 Å². The highest BCUT2D eigenvalue weighted by Gasteiger charge is 2.58. The number of hydrogen-bond donors (Lipinski definition) is 0. The van der Waals surface area contributed by atoms with Crippen molar-refractivity contribution in [3.8, 4) is 0 Å². The first-order chi connectivity index (χ1) is 11.8. The highest BCUT2D eigenvalue weighted by Crippen LogP contribution is 2.42. The minimum Gasteiger partial charge on any atom is -0.396 e. The van der Waals surface area contributed by atoms with Crippen LogP contribution in [-0.4, -0.2) is 85.5 Å².